The van der Waals surface area contributed by atoms with Crippen LogP contribution in [0.3, 0.4) is 0 Å². The van der Waals surface area contributed by atoms with Crippen molar-refractivity contribution < 1.29 is 0 Å². The van der Waals surface area contributed by atoms with E-state index in [2.05, 4.69) is 158 Å². The van der Waals surface area contributed by atoms with E-state index in [-0.39, 0.29) is 30.5 Å². The van der Waals surface area contributed by atoms with Crippen molar-refractivity contribution in [2.24, 2.45) is 23.7 Å². The van der Waals surface area contributed by atoms with E-state index in [0.29, 0.717) is 29.0 Å². The Bertz CT molecular complexity index is 2340. The third-order valence-corrected chi connectivity index (χ3v) is 19.5. The SMILES string of the molecule is N#CC1C=C(C2NC(C3=CC=CCC3)NC(C3C=C4SC5=CC=CCC5C4CC3)N2)C(N2C3=C(CCC=C3)SC3=C2CCCC3)=CC1N1c2ccccc2SC2CCCCC21. The second-order valence-corrected chi connectivity index (χ2v) is 22.5. The van der Waals surface area contributed by atoms with E-state index >= 15 is 0 Å². The third kappa shape index (κ3) is 7.07. The van der Waals surface area contributed by atoms with Crippen LogP contribution in [0.1, 0.15) is 96.3 Å². The smallest absolute Gasteiger partial charge is 0.0891 e. The number of allylic oxidation sites excluding steroid dienone is 13. The zero-order valence-electron chi connectivity index (χ0n) is 35.1. The molecule has 1 aromatic rings. The summed E-state index contributed by atoms with van der Waals surface area (Å²) in [5.41, 5.74) is 8.11. The quantitative estimate of drug-likeness (QED) is 0.269. The molecule has 4 aliphatic heterocycles. The summed E-state index contributed by atoms with van der Waals surface area (Å²) in [6, 6.07) is 12.4. The lowest BCUT2D eigenvalue weighted by Gasteiger charge is -2.52. The number of nitrogens with one attached hydrogen (secondary N) is 3. The molecule has 12 rings (SSSR count). The maximum absolute atomic E-state index is 11.4. The van der Waals surface area contributed by atoms with Crippen LogP contribution in [0, 0.1) is 35.0 Å². The maximum atomic E-state index is 11.4. The van der Waals surface area contributed by atoms with Crippen molar-refractivity contribution in [3.8, 4) is 6.07 Å². The Morgan fingerprint density at radius 2 is 1.62 bits per heavy atom. The largest absolute Gasteiger partial charge is 0.358 e. The first-order chi connectivity index (χ1) is 30.2. The first kappa shape index (κ1) is 39.2. The molecular formula is C52H58N6S3. The Labute approximate surface area is 375 Å². The molecule has 1 aromatic carbocycles. The highest BCUT2D eigenvalue weighted by atomic mass is 32.2. The van der Waals surface area contributed by atoms with Crippen molar-refractivity contribution >= 4 is 41.0 Å². The average molecular weight is 863 g/mol. The maximum Gasteiger partial charge on any atom is 0.0891 e. The highest BCUT2D eigenvalue weighted by Crippen LogP contribution is 2.57. The van der Waals surface area contributed by atoms with Crippen molar-refractivity contribution in [2.75, 3.05) is 4.90 Å². The van der Waals surface area contributed by atoms with Gasteiger partial charge in [0.15, 0.2) is 0 Å². The lowest BCUT2D eigenvalue weighted by atomic mass is 9.77. The Balaban J connectivity index is 0.983. The predicted molar refractivity (Wildman–Crippen MR) is 255 cm³/mol. The van der Waals surface area contributed by atoms with Crippen molar-refractivity contribution in [1.82, 2.24) is 20.9 Å². The van der Waals surface area contributed by atoms with Gasteiger partial charge in [-0.1, -0.05) is 103 Å². The summed E-state index contributed by atoms with van der Waals surface area (Å²) < 4.78 is 0. The van der Waals surface area contributed by atoms with Gasteiger partial charge in [0.25, 0.3) is 0 Å². The summed E-state index contributed by atoms with van der Waals surface area (Å²) in [5, 5.41) is 24.5. The van der Waals surface area contributed by atoms with Gasteiger partial charge < -0.3 is 9.80 Å². The van der Waals surface area contributed by atoms with Crippen LogP contribution < -0.4 is 20.9 Å². The van der Waals surface area contributed by atoms with E-state index in [1.807, 2.05) is 0 Å². The first-order valence-electron chi connectivity index (χ1n) is 23.6. The molecule has 10 unspecified atom stereocenters. The number of thioether (sulfide) groups is 3. The average Bonchev–Trinajstić information content (AvgIpc) is 3.70. The van der Waals surface area contributed by atoms with Crippen molar-refractivity contribution in [1.29, 1.82) is 5.26 Å². The second kappa shape index (κ2) is 16.6. The van der Waals surface area contributed by atoms with Crippen LogP contribution in [-0.2, 0) is 0 Å². The van der Waals surface area contributed by atoms with E-state index in [9.17, 15) is 5.26 Å². The number of para-hydroxylation sites is 1. The van der Waals surface area contributed by atoms with Gasteiger partial charge in [0.1, 0.15) is 0 Å². The monoisotopic (exact) mass is 862 g/mol. The van der Waals surface area contributed by atoms with Gasteiger partial charge >= 0.3 is 0 Å². The zero-order valence-corrected chi connectivity index (χ0v) is 37.6. The minimum Gasteiger partial charge on any atom is -0.358 e. The standard InChI is InChI=1S/C52H58N6S3/c53-31-34-28-37(52-55-50(32-14-2-1-3-15-32)54-51(56-52)33-26-27-36-35-16-4-9-21-44(35)59-49(36)29-33)43(58-40-19-7-12-24-47(40)61-48-25-13-8-20-41(48)58)30-42(34)57-38-17-5-10-22-45(38)60-46-23-11-6-18-39(46)57/h1-2,4-5,7,9-10,14,17,19,21-22,28-30,33-36,39,42,46,50-52,54-56H,3,6,8,11-13,15-16,18,20,23-27H2. The molecule has 10 atom stereocenters. The molecule has 7 aliphatic carbocycles. The van der Waals surface area contributed by atoms with Gasteiger partial charge in [-0.3, -0.25) is 16.0 Å². The summed E-state index contributed by atoms with van der Waals surface area (Å²) in [5.74, 6) is 1.40. The first-order valence-corrected chi connectivity index (χ1v) is 26.1. The third-order valence-electron chi connectivity index (χ3n) is 15.4. The molecule has 2 saturated heterocycles. The Morgan fingerprint density at radius 1 is 0.738 bits per heavy atom. The fourth-order valence-corrected chi connectivity index (χ4v) is 16.7. The number of rotatable bonds is 5. The topological polar surface area (TPSA) is 66.4 Å². The molecule has 0 radical (unpaired) electrons. The molecule has 314 valence electrons. The molecule has 0 spiro atoms. The van der Waals surface area contributed by atoms with Crippen LogP contribution in [0.4, 0.5) is 5.69 Å². The van der Waals surface area contributed by atoms with Gasteiger partial charge in [0.2, 0.25) is 0 Å². The van der Waals surface area contributed by atoms with Crippen LogP contribution >= 0.6 is 35.3 Å². The molecule has 1 saturated carbocycles. The number of fused-ring (bicyclic) bond motifs is 5. The van der Waals surface area contributed by atoms with Gasteiger partial charge in [0.05, 0.1) is 47.9 Å². The number of hydrogen-bond donors (Lipinski definition) is 3. The number of nitrogens with zero attached hydrogens (tertiary/aromatic N) is 3. The fraction of sp³-hybridized carbons (Fsp3) is 0.481. The molecule has 4 heterocycles. The second-order valence-electron chi connectivity index (χ2n) is 18.9. The van der Waals surface area contributed by atoms with Crippen LogP contribution in [0.25, 0.3) is 0 Å². The highest BCUT2D eigenvalue weighted by molar-refractivity contribution is 8.07. The lowest BCUT2D eigenvalue weighted by molar-refractivity contribution is 0.183. The Morgan fingerprint density at radius 3 is 2.56 bits per heavy atom. The van der Waals surface area contributed by atoms with Gasteiger partial charge in [0, 0.05) is 54.8 Å². The van der Waals surface area contributed by atoms with Crippen LogP contribution in [0.15, 0.2) is 144 Å². The molecular weight excluding hydrogens is 805 g/mol. The zero-order chi connectivity index (χ0) is 40.4. The molecule has 0 bridgehead atoms. The fourth-order valence-electron chi connectivity index (χ4n) is 12.4. The number of nitriles is 1. The summed E-state index contributed by atoms with van der Waals surface area (Å²) in [7, 11) is 0. The van der Waals surface area contributed by atoms with Gasteiger partial charge in [-0.2, -0.15) is 5.26 Å². The molecule has 0 aromatic heterocycles. The normalized spacial score (nSPS) is 36.5. The van der Waals surface area contributed by atoms with Crippen LogP contribution in [-0.4, -0.2) is 40.7 Å². The summed E-state index contributed by atoms with van der Waals surface area (Å²) in [6.45, 7) is 0. The number of hydrogen-bond acceptors (Lipinski definition) is 9. The Kier molecular flexibility index (Phi) is 10.7. The molecule has 3 N–H and O–H groups in total. The van der Waals surface area contributed by atoms with Crippen molar-refractivity contribution in [3.63, 3.8) is 0 Å². The van der Waals surface area contributed by atoms with Crippen LogP contribution in [0.5, 0.6) is 0 Å². The van der Waals surface area contributed by atoms with Crippen LogP contribution in [0.2, 0.25) is 0 Å². The molecule has 9 heteroatoms. The molecule has 11 aliphatic rings. The van der Waals surface area contributed by atoms with Crippen molar-refractivity contribution in [3.05, 3.63) is 139 Å². The minimum absolute atomic E-state index is 0.0307. The summed E-state index contributed by atoms with van der Waals surface area (Å²) in [6.07, 6.45) is 44.0. The molecule has 6 nitrogen and oxygen atoms in total. The van der Waals surface area contributed by atoms with Gasteiger partial charge in [-0.25, -0.2) is 0 Å². The van der Waals surface area contributed by atoms with E-state index in [1.54, 1.807) is 14.7 Å². The summed E-state index contributed by atoms with van der Waals surface area (Å²) in [4.78, 5) is 13.1. The van der Waals surface area contributed by atoms with Crippen molar-refractivity contribution in [2.45, 2.75) is 137 Å². The lowest BCUT2D eigenvalue weighted by Crippen LogP contribution is -2.70. The van der Waals surface area contributed by atoms with E-state index in [1.165, 1.54) is 102 Å². The molecule has 0 amide bonds. The summed E-state index contributed by atoms with van der Waals surface area (Å²) >= 11 is 6.23. The highest BCUT2D eigenvalue weighted by Gasteiger charge is 2.47. The van der Waals surface area contributed by atoms with Gasteiger partial charge in [-0.05, 0) is 129 Å². The predicted octanol–water partition coefficient (Wildman–Crippen LogP) is 11.8. The molecule has 3 fully saturated rings. The Hall–Kier alpha value is -3.36. The molecule has 61 heavy (non-hydrogen) atoms. The number of anilines is 1. The minimum atomic E-state index is -0.295. The number of benzene rings is 1. The van der Waals surface area contributed by atoms with E-state index < -0.39 is 0 Å². The van der Waals surface area contributed by atoms with E-state index in [0.717, 1.165) is 38.5 Å². The van der Waals surface area contributed by atoms with E-state index in [4.69, 9.17) is 0 Å². The van der Waals surface area contributed by atoms with Gasteiger partial charge in [-0.15, -0.1) is 11.8 Å².